The van der Waals surface area contributed by atoms with Crippen LogP contribution in [-0.4, -0.2) is 70.0 Å². The molecule has 2 heterocycles. The Morgan fingerprint density at radius 3 is 2.73 bits per heavy atom. The van der Waals surface area contributed by atoms with Gasteiger partial charge in [-0.2, -0.15) is 9.40 Å². The molecule has 2 rings (SSSR count). The van der Waals surface area contributed by atoms with Crippen LogP contribution in [0, 0.1) is 6.92 Å². The van der Waals surface area contributed by atoms with Crippen molar-refractivity contribution in [2.24, 2.45) is 7.05 Å². The maximum atomic E-state index is 12.6. The average Bonchev–Trinajstić information content (AvgIpc) is 2.89. The van der Waals surface area contributed by atoms with Crippen molar-refractivity contribution in [3.8, 4) is 0 Å². The van der Waals surface area contributed by atoms with Crippen molar-refractivity contribution in [1.82, 2.24) is 19.4 Å². The first-order chi connectivity index (χ1) is 10.1. The van der Waals surface area contributed by atoms with Gasteiger partial charge >= 0.3 is 0 Å². The van der Waals surface area contributed by atoms with Crippen LogP contribution in [0.4, 0.5) is 0 Å². The number of amides is 1. The molecule has 0 spiro atoms. The molecule has 1 aromatic heterocycles. The molecular formula is C12H20N4O5S. The minimum atomic E-state index is -3.87. The van der Waals surface area contributed by atoms with Gasteiger partial charge in [-0.05, 0) is 6.92 Å². The molecule has 0 aromatic carbocycles. The number of sulfonamides is 1. The molecule has 124 valence electrons. The highest BCUT2D eigenvalue weighted by Gasteiger charge is 2.49. The Balaban J connectivity index is 2.24. The van der Waals surface area contributed by atoms with Gasteiger partial charge in [0.1, 0.15) is 10.5 Å². The summed E-state index contributed by atoms with van der Waals surface area (Å²) in [6.45, 7) is 2.08. The lowest BCUT2D eigenvalue weighted by Gasteiger charge is -2.25. The van der Waals surface area contributed by atoms with E-state index in [2.05, 4.69) is 10.4 Å². The fourth-order valence-corrected chi connectivity index (χ4v) is 4.15. The second-order valence-corrected chi connectivity index (χ2v) is 7.49. The Morgan fingerprint density at radius 1 is 1.59 bits per heavy atom. The zero-order chi connectivity index (χ0) is 16.7. The summed E-state index contributed by atoms with van der Waals surface area (Å²) in [5, 5.41) is 26.8. The van der Waals surface area contributed by atoms with E-state index in [1.807, 2.05) is 0 Å². The molecule has 0 saturated carbocycles. The van der Waals surface area contributed by atoms with E-state index < -0.39 is 21.7 Å². The second-order valence-electron chi connectivity index (χ2n) is 5.58. The maximum absolute atomic E-state index is 12.6. The molecular weight excluding hydrogens is 312 g/mol. The zero-order valence-corrected chi connectivity index (χ0v) is 13.5. The molecule has 1 aliphatic rings. The van der Waals surface area contributed by atoms with E-state index in [1.165, 1.54) is 17.8 Å². The number of carbonyl (C=O) groups excluding carboxylic acids is 1. The Morgan fingerprint density at radius 2 is 2.23 bits per heavy atom. The van der Waals surface area contributed by atoms with Crippen molar-refractivity contribution in [3.05, 3.63) is 11.9 Å². The standard InChI is InChI=1S/C12H20N4O5S/c1-8-10(4-15(3)14-8)22(20,21)16-5-11(18)12(19,7-16)6-13-9(2)17/h4,11,18-19H,5-7H2,1-3H3,(H,13,17)/t11-,12+/m1/s1. The van der Waals surface area contributed by atoms with Gasteiger partial charge in [-0.25, -0.2) is 8.42 Å². The zero-order valence-electron chi connectivity index (χ0n) is 12.6. The molecule has 10 heteroatoms. The van der Waals surface area contributed by atoms with E-state index in [9.17, 15) is 23.4 Å². The summed E-state index contributed by atoms with van der Waals surface area (Å²) in [6, 6.07) is 0. The molecule has 1 saturated heterocycles. The third-order valence-electron chi connectivity index (χ3n) is 3.68. The summed E-state index contributed by atoms with van der Waals surface area (Å²) >= 11 is 0. The first-order valence-corrected chi connectivity index (χ1v) is 8.15. The van der Waals surface area contributed by atoms with Gasteiger partial charge in [-0.1, -0.05) is 0 Å². The van der Waals surface area contributed by atoms with Crippen molar-refractivity contribution in [3.63, 3.8) is 0 Å². The summed E-state index contributed by atoms with van der Waals surface area (Å²) in [7, 11) is -2.26. The second kappa shape index (κ2) is 5.61. The number of rotatable bonds is 4. The van der Waals surface area contributed by atoms with Gasteiger partial charge in [-0.15, -0.1) is 0 Å². The highest BCUT2D eigenvalue weighted by molar-refractivity contribution is 7.89. The average molecular weight is 332 g/mol. The third-order valence-corrected chi connectivity index (χ3v) is 5.59. The SMILES string of the molecule is CC(=O)NC[C@]1(O)CN(S(=O)(=O)c2cn(C)nc2C)C[C@H]1O. The molecule has 0 radical (unpaired) electrons. The molecule has 1 amide bonds. The van der Waals surface area contributed by atoms with E-state index >= 15 is 0 Å². The van der Waals surface area contributed by atoms with E-state index in [-0.39, 0.29) is 30.4 Å². The highest BCUT2D eigenvalue weighted by Crippen LogP contribution is 2.28. The lowest BCUT2D eigenvalue weighted by atomic mass is 10.0. The molecule has 22 heavy (non-hydrogen) atoms. The molecule has 1 aromatic rings. The minimum Gasteiger partial charge on any atom is -0.389 e. The number of hydrogen-bond donors (Lipinski definition) is 3. The number of aromatic nitrogens is 2. The van der Waals surface area contributed by atoms with E-state index in [0.29, 0.717) is 5.69 Å². The van der Waals surface area contributed by atoms with E-state index in [0.717, 1.165) is 4.31 Å². The number of nitrogens with zero attached hydrogens (tertiary/aromatic N) is 3. The highest BCUT2D eigenvalue weighted by atomic mass is 32.2. The number of carbonyl (C=O) groups is 1. The molecule has 1 fully saturated rings. The Kier molecular flexibility index (Phi) is 4.30. The molecule has 0 bridgehead atoms. The summed E-state index contributed by atoms with van der Waals surface area (Å²) in [6.07, 6.45) is 0.0912. The molecule has 2 atom stereocenters. The predicted molar refractivity (Wildman–Crippen MR) is 76.3 cm³/mol. The summed E-state index contributed by atoms with van der Waals surface area (Å²) in [5.41, 5.74) is -1.37. The van der Waals surface area contributed by atoms with Crippen molar-refractivity contribution in [2.75, 3.05) is 19.6 Å². The van der Waals surface area contributed by atoms with Gasteiger partial charge in [0.05, 0.1) is 18.3 Å². The fourth-order valence-electron chi connectivity index (χ4n) is 2.44. The van der Waals surface area contributed by atoms with Crippen LogP contribution < -0.4 is 5.32 Å². The number of β-amino-alcohol motifs (C(OH)–C–C–N with tert-alkyl or cyclic N) is 2. The number of aryl methyl sites for hydroxylation is 2. The fraction of sp³-hybridized carbons (Fsp3) is 0.667. The predicted octanol–water partition coefficient (Wildman–Crippen LogP) is -2.04. The van der Waals surface area contributed by atoms with Gasteiger partial charge in [0, 0.05) is 33.3 Å². The number of hydrogen-bond acceptors (Lipinski definition) is 6. The quantitative estimate of drug-likeness (QED) is 0.583. The smallest absolute Gasteiger partial charge is 0.246 e. The van der Waals surface area contributed by atoms with Crippen LogP contribution in [0.5, 0.6) is 0 Å². The lowest BCUT2D eigenvalue weighted by molar-refractivity contribution is -0.121. The van der Waals surface area contributed by atoms with Crippen LogP contribution in [0.1, 0.15) is 12.6 Å². The topological polar surface area (TPSA) is 125 Å². The third kappa shape index (κ3) is 3.00. The van der Waals surface area contributed by atoms with Crippen LogP contribution in [0.25, 0.3) is 0 Å². The van der Waals surface area contributed by atoms with Crippen molar-refractivity contribution in [1.29, 1.82) is 0 Å². The van der Waals surface area contributed by atoms with Crippen molar-refractivity contribution in [2.45, 2.75) is 30.4 Å². The van der Waals surface area contributed by atoms with Crippen molar-refractivity contribution >= 4 is 15.9 Å². The Hall–Kier alpha value is -1.49. The van der Waals surface area contributed by atoms with Crippen LogP contribution in [0.15, 0.2) is 11.1 Å². The molecule has 0 unspecified atom stereocenters. The Labute approximate surface area is 128 Å². The first kappa shape index (κ1) is 16.9. The van der Waals surface area contributed by atoms with Crippen LogP contribution >= 0.6 is 0 Å². The number of nitrogens with one attached hydrogen (secondary N) is 1. The van der Waals surface area contributed by atoms with Crippen LogP contribution in [-0.2, 0) is 21.9 Å². The molecule has 9 nitrogen and oxygen atoms in total. The monoisotopic (exact) mass is 332 g/mol. The van der Waals surface area contributed by atoms with Gasteiger partial charge in [-0.3, -0.25) is 9.48 Å². The maximum Gasteiger partial charge on any atom is 0.246 e. The minimum absolute atomic E-state index is 0.0333. The first-order valence-electron chi connectivity index (χ1n) is 6.71. The molecule has 1 aliphatic heterocycles. The largest absolute Gasteiger partial charge is 0.389 e. The van der Waals surface area contributed by atoms with Crippen molar-refractivity contribution < 1.29 is 23.4 Å². The van der Waals surface area contributed by atoms with Gasteiger partial charge < -0.3 is 15.5 Å². The molecule has 3 N–H and O–H groups in total. The molecule has 0 aliphatic carbocycles. The van der Waals surface area contributed by atoms with Crippen LogP contribution in [0.2, 0.25) is 0 Å². The van der Waals surface area contributed by atoms with Gasteiger partial charge in [0.2, 0.25) is 15.9 Å². The number of aliphatic hydroxyl groups is 2. The lowest BCUT2D eigenvalue weighted by Crippen LogP contribution is -2.51. The van der Waals surface area contributed by atoms with Gasteiger partial charge in [0.25, 0.3) is 0 Å². The summed E-state index contributed by atoms with van der Waals surface area (Å²) in [5.74, 6) is -0.370. The van der Waals surface area contributed by atoms with Gasteiger partial charge in [0.15, 0.2) is 0 Å². The van der Waals surface area contributed by atoms with E-state index in [4.69, 9.17) is 0 Å². The van der Waals surface area contributed by atoms with E-state index in [1.54, 1.807) is 14.0 Å². The Bertz CT molecular complexity index is 686. The number of aliphatic hydroxyl groups excluding tert-OH is 1. The normalized spacial score (nSPS) is 26.3. The van der Waals surface area contributed by atoms with Crippen LogP contribution in [0.3, 0.4) is 0 Å². The summed E-state index contributed by atoms with van der Waals surface area (Å²) in [4.78, 5) is 11.0. The summed E-state index contributed by atoms with van der Waals surface area (Å²) < 4.78 is 27.6.